The second kappa shape index (κ2) is 5.48. The average Bonchev–Trinajstić information content (AvgIpc) is 2.96. The molecule has 1 heterocycles. The summed E-state index contributed by atoms with van der Waals surface area (Å²) in [6.45, 7) is 4.22. The third-order valence-electron chi connectivity index (χ3n) is 3.23. The van der Waals surface area contributed by atoms with E-state index < -0.39 is 5.54 Å². The minimum absolute atomic E-state index is 0.0785. The van der Waals surface area contributed by atoms with Crippen molar-refractivity contribution >= 4 is 5.91 Å². The molecule has 0 spiro atoms. The Kier molecular flexibility index (Phi) is 3.96. The largest absolute Gasteiger partial charge is 0.372 e. The molecule has 18 heavy (non-hydrogen) atoms. The van der Waals surface area contributed by atoms with Gasteiger partial charge in [0.05, 0.1) is 0 Å². The van der Waals surface area contributed by atoms with Crippen molar-refractivity contribution < 1.29 is 14.1 Å². The van der Waals surface area contributed by atoms with Crippen LogP contribution in [0.2, 0.25) is 0 Å². The number of ether oxygens (including phenoxy) is 1. The van der Waals surface area contributed by atoms with Crippen LogP contribution in [0.3, 0.4) is 0 Å². The van der Waals surface area contributed by atoms with Crippen molar-refractivity contribution in [1.29, 1.82) is 0 Å². The first-order valence-corrected chi connectivity index (χ1v) is 6.36. The van der Waals surface area contributed by atoms with Crippen molar-refractivity contribution in [2.24, 2.45) is 0 Å². The van der Waals surface area contributed by atoms with Crippen LogP contribution >= 0.6 is 0 Å². The van der Waals surface area contributed by atoms with Gasteiger partial charge in [0, 0.05) is 13.5 Å². The van der Waals surface area contributed by atoms with Crippen LogP contribution in [-0.4, -0.2) is 29.3 Å². The number of carbonyl (C=O) groups excluding carboxylic acids is 1. The lowest BCUT2D eigenvalue weighted by Crippen LogP contribution is -2.46. The van der Waals surface area contributed by atoms with Crippen molar-refractivity contribution in [2.45, 2.75) is 45.1 Å². The maximum atomic E-state index is 11.8. The molecule has 0 radical (unpaired) electrons. The zero-order valence-electron chi connectivity index (χ0n) is 10.9. The summed E-state index contributed by atoms with van der Waals surface area (Å²) in [7, 11) is 0. The molecular weight excluding hydrogens is 234 g/mol. The Morgan fingerprint density at radius 2 is 2.22 bits per heavy atom. The van der Waals surface area contributed by atoms with Crippen LogP contribution in [0.15, 0.2) is 4.52 Å². The molecule has 0 aromatic carbocycles. The second-order valence-electron chi connectivity index (χ2n) is 4.61. The lowest BCUT2D eigenvalue weighted by atomic mass is 9.96. The van der Waals surface area contributed by atoms with E-state index in [1.165, 1.54) is 0 Å². The van der Waals surface area contributed by atoms with Gasteiger partial charge in [0.25, 0.3) is 0 Å². The van der Waals surface area contributed by atoms with Gasteiger partial charge in [-0.05, 0) is 19.8 Å². The molecule has 1 aliphatic carbocycles. The quantitative estimate of drug-likeness (QED) is 0.855. The van der Waals surface area contributed by atoms with Crippen molar-refractivity contribution in [1.82, 2.24) is 15.5 Å². The van der Waals surface area contributed by atoms with E-state index in [9.17, 15) is 4.79 Å². The van der Waals surface area contributed by atoms with Crippen LogP contribution in [0, 0.1) is 6.92 Å². The van der Waals surface area contributed by atoms with Gasteiger partial charge in [-0.25, -0.2) is 0 Å². The zero-order valence-corrected chi connectivity index (χ0v) is 10.9. The summed E-state index contributed by atoms with van der Waals surface area (Å²) in [5.74, 6) is 0.985. The molecule has 1 saturated carbocycles. The maximum Gasteiger partial charge on any atom is 0.246 e. The van der Waals surface area contributed by atoms with Crippen molar-refractivity contribution in [3.05, 3.63) is 11.7 Å². The molecule has 1 fully saturated rings. The molecule has 6 heteroatoms. The third kappa shape index (κ3) is 2.69. The number of nitrogens with zero attached hydrogens (tertiary/aromatic N) is 2. The molecule has 1 amide bonds. The van der Waals surface area contributed by atoms with Gasteiger partial charge in [-0.2, -0.15) is 4.98 Å². The fraction of sp³-hybridized carbons (Fsp3) is 0.750. The van der Waals surface area contributed by atoms with Gasteiger partial charge >= 0.3 is 0 Å². The third-order valence-corrected chi connectivity index (χ3v) is 3.23. The molecule has 0 saturated heterocycles. The molecular formula is C12H19N3O3. The Bertz CT molecular complexity index is 410. The summed E-state index contributed by atoms with van der Waals surface area (Å²) in [5.41, 5.74) is -0.466. The summed E-state index contributed by atoms with van der Waals surface area (Å²) < 4.78 is 10.1. The highest BCUT2D eigenvalue weighted by Crippen LogP contribution is 2.37. The Hall–Kier alpha value is -1.43. The topological polar surface area (TPSA) is 77.2 Å². The van der Waals surface area contributed by atoms with E-state index in [0.29, 0.717) is 18.3 Å². The van der Waals surface area contributed by atoms with Gasteiger partial charge in [-0.15, -0.1) is 0 Å². The molecule has 0 bridgehead atoms. The molecule has 0 atom stereocenters. The monoisotopic (exact) mass is 253 g/mol. The van der Waals surface area contributed by atoms with Crippen LogP contribution in [-0.2, 0) is 15.1 Å². The molecule has 1 aromatic rings. The number of nitrogens with one attached hydrogen (secondary N) is 1. The summed E-state index contributed by atoms with van der Waals surface area (Å²) in [5, 5.41) is 6.97. The van der Waals surface area contributed by atoms with E-state index >= 15 is 0 Å². The lowest BCUT2D eigenvalue weighted by Gasteiger charge is -2.26. The van der Waals surface area contributed by atoms with Gasteiger partial charge < -0.3 is 14.6 Å². The Balaban J connectivity index is 2.10. The molecule has 2 rings (SSSR count). The molecule has 1 aromatic heterocycles. The fourth-order valence-corrected chi connectivity index (χ4v) is 2.37. The molecule has 1 N–H and O–H groups in total. The predicted molar refractivity (Wildman–Crippen MR) is 63.8 cm³/mol. The Morgan fingerprint density at radius 1 is 1.50 bits per heavy atom. The van der Waals surface area contributed by atoms with Gasteiger partial charge in [0.15, 0.2) is 5.82 Å². The van der Waals surface area contributed by atoms with Gasteiger partial charge in [0.2, 0.25) is 11.8 Å². The summed E-state index contributed by atoms with van der Waals surface area (Å²) in [6, 6.07) is 0. The summed E-state index contributed by atoms with van der Waals surface area (Å²) in [4.78, 5) is 16.1. The normalized spacial score (nSPS) is 17.9. The van der Waals surface area contributed by atoms with Crippen LogP contribution in [0.5, 0.6) is 0 Å². The van der Waals surface area contributed by atoms with Crippen LogP contribution in [0.4, 0.5) is 0 Å². The van der Waals surface area contributed by atoms with Gasteiger partial charge in [-0.3, -0.25) is 4.79 Å². The first-order valence-electron chi connectivity index (χ1n) is 6.36. The van der Waals surface area contributed by atoms with Gasteiger partial charge in [0.1, 0.15) is 12.1 Å². The first kappa shape index (κ1) is 13.0. The Labute approximate surface area is 106 Å². The van der Waals surface area contributed by atoms with E-state index in [2.05, 4.69) is 15.5 Å². The lowest BCUT2D eigenvalue weighted by molar-refractivity contribution is -0.127. The summed E-state index contributed by atoms with van der Waals surface area (Å²) >= 11 is 0. The minimum atomic E-state index is -0.466. The smallest absolute Gasteiger partial charge is 0.246 e. The van der Waals surface area contributed by atoms with E-state index in [1.807, 2.05) is 6.92 Å². The standard InChI is InChI=1S/C12H19N3O3/c1-3-17-8-10(16)14-12(6-4-5-7-12)11-13-9(2)18-15-11/h3-8H2,1-2H3,(H,14,16). The first-order chi connectivity index (χ1) is 8.66. The highest BCUT2D eigenvalue weighted by molar-refractivity contribution is 5.78. The van der Waals surface area contributed by atoms with Crippen LogP contribution in [0.1, 0.15) is 44.3 Å². The second-order valence-corrected chi connectivity index (χ2v) is 4.61. The maximum absolute atomic E-state index is 11.8. The molecule has 0 aliphatic heterocycles. The molecule has 100 valence electrons. The Morgan fingerprint density at radius 3 is 2.78 bits per heavy atom. The number of rotatable bonds is 5. The van der Waals surface area contributed by atoms with E-state index in [0.717, 1.165) is 25.7 Å². The average molecular weight is 253 g/mol. The molecule has 0 unspecified atom stereocenters. The number of hydrogen-bond acceptors (Lipinski definition) is 5. The van der Waals surface area contributed by atoms with E-state index in [-0.39, 0.29) is 12.5 Å². The van der Waals surface area contributed by atoms with Gasteiger partial charge in [-0.1, -0.05) is 18.0 Å². The minimum Gasteiger partial charge on any atom is -0.372 e. The van der Waals surface area contributed by atoms with Crippen molar-refractivity contribution in [3.8, 4) is 0 Å². The highest BCUT2D eigenvalue weighted by atomic mass is 16.5. The van der Waals surface area contributed by atoms with E-state index in [1.54, 1.807) is 6.92 Å². The number of hydrogen-bond donors (Lipinski definition) is 1. The number of amides is 1. The van der Waals surface area contributed by atoms with Crippen molar-refractivity contribution in [3.63, 3.8) is 0 Å². The molecule has 6 nitrogen and oxygen atoms in total. The summed E-state index contributed by atoms with van der Waals surface area (Å²) in [6.07, 6.45) is 3.82. The zero-order chi connectivity index (χ0) is 13.0. The predicted octanol–water partition coefficient (Wildman–Crippen LogP) is 1.30. The highest BCUT2D eigenvalue weighted by Gasteiger charge is 2.41. The van der Waals surface area contributed by atoms with Crippen LogP contribution in [0.25, 0.3) is 0 Å². The van der Waals surface area contributed by atoms with Crippen molar-refractivity contribution in [2.75, 3.05) is 13.2 Å². The van der Waals surface area contributed by atoms with E-state index in [4.69, 9.17) is 9.26 Å². The molecule has 1 aliphatic rings. The SMILES string of the molecule is CCOCC(=O)NC1(c2noc(C)n2)CCCC1. The van der Waals surface area contributed by atoms with Crippen LogP contribution < -0.4 is 5.32 Å². The number of aryl methyl sites for hydroxylation is 1. The number of aromatic nitrogens is 2. The number of carbonyl (C=O) groups is 1. The fourth-order valence-electron chi connectivity index (χ4n) is 2.37.